The van der Waals surface area contributed by atoms with Gasteiger partial charge in [0, 0.05) is 49.1 Å². The topological polar surface area (TPSA) is 138 Å². The van der Waals surface area contributed by atoms with Crippen LogP contribution >= 0.6 is 11.6 Å². The Morgan fingerprint density at radius 3 is 2.35 bits per heavy atom. The number of hydrogen-bond donors (Lipinski definition) is 3. The third kappa shape index (κ3) is 11.0. The first kappa shape index (κ1) is 40.7. The number of carbonyl (C=O) groups is 2. The van der Waals surface area contributed by atoms with Crippen LogP contribution in [-0.2, 0) is 20.9 Å². The van der Waals surface area contributed by atoms with Crippen molar-refractivity contribution >= 4 is 44.9 Å². The van der Waals surface area contributed by atoms with Gasteiger partial charge < -0.3 is 29.7 Å². The molecule has 52 heavy (non-hydrogen) atoms. The van der Waals surface area contributed by atoms with Gasteiger partial charge >= 0.3 is 12.2 Å². The fourth-order valence-corrected chi connectivity index (χ4v) is 6.77. The average molecular weight is 769 g/mol. The second kappa shape index (κ2) is 17.6. The molecule has 4 rings (SSSR count). The van der Waals surface area contributed by atoms with E-state index in [1.54, 1.807) is 6.92 Å². The van der Waals surface area contributed by atoms with Gasteiger partial charge in [-0.2, -0.15) is 13.2 Å². The smallest absolute Gasteiger partial charge is 0.416 e. The quantitative estimate of drug-likeness (QED) is 0.222. The average Bonchev–Trinajstić information content (AvgIpc) is 3.09. The van der Waals surface area contributed by atoms with E-state index in [4.69, 9.17) is 21.1 Å². The van der Waals surface area contributed by atoms with Crippen molar-refractivity contribution < 1.29 is 45.8 Å². The molecule has 284 valence electrons. The first-order valence-corrected chi connectivity index (χ1v) is 18.7. The third-order valence-corrected chi connectivity index (χ3v) is 10.3. The number of amides is 3. The van der Waals surface area contributed by atoms with Crippen LogP contribution in [0.25, 0.3) is 0 Å². The lowest BCUT2D eigenvalue weighted by Crippen LogP contribution is -2.48. The van der Waals surface area contributed by atoms with E-state index in [1.807, 2.05) is 13.8 Å². The normalized spacial score (nSPS) is 19.8. The lowest BCUT2D eigenvalue weighted by atomic mass is 10.0. The molecule has 0 spiro atoms. The predicted molar refractivity (Wildman–Crippen MR) is 192 cm³/mol. The van der Waals surface area contributed by atoms with Crippen LogP contribution in [0.1, 0.15) is 56.0 Å². The molecular formula is C36H44ClF3N4O7S. The fourth-order valence-electron chi connectivity index (χ4n) is 5.59. The SMILES string of the molecule is C[C@H]1CCCCO[C@H](CN(C)C(=O)Nc2ccc(C(F)(F)F)cc2)[C@@H](C)CN([C@@H](C)CO)C(=O)c2cc(NS(=O)(=O)c3ccc(Cl)cc3)ccc2O1. The molecule has 1 aliphatic heterocycles. The fraction of sp³-hybridized carbons (Fsp3) is 0.444. The highest BCUT2D eigenvalue weighted by molar-refractivity contribution is 7.92. The first-order valence-electron chi connectivity index (χ1n) is 16.8. The van der Waals surface area contributed by atoms with Gasteiger partial charge in [0.05, 0.1) is 40.9 Å². The zero-order valence-corrected chi connectivity index (χ0v) is 30.9. The summed E-state index contributed by atoms with van der Waals surface area (Å²) in [6.07, 6.45) is -3.39. The number of hydrogen-bond acceptors (Lipinski definition) is 7. The van der Waals surface area contributed by atoms with E-state index >= 15 is 0 Å². The van der Waals surface area contributed by atoms with Gasteiger partial charge in [-0.25, -0.2) is 13.2 Å². The number of anilines is 2. The summed E-state index contributed by atoms with van der Waals surface area (Å²) in [5.41, 5.74) is -0.455. The monoisotopic (exact) mass is 768 g/mol. The van der Waals surface area contributed by atoms with Crippen LogP contribution in [0.5, 0.6) is 5.75 Å². The minimum atomic E-state index is -4.51. The molecule has 16 heteroatoms. The first-order chi connectivity index (χ1) is 24.5. The number of fused-ring (bicyclic) bond motifs is 1. The highest BCUT2D eigenvalue weighted by Crippen LogP contribution is 2.31. The Kier molecular flexibility index (Phi) is 13.8. The molecule has 11 nitrogen and oxygen atoms in total. The number of aliphatic hydroxyl groups is 1. The summed E-state index contributed by atoms with van der Waals surface area (Å²) in [5.74, 6) is -0.663. The lowest BCUT2D eigenvalue weighted by Gasteiger charge is -2.35. The van der Waals surface area contributed by atoms with Crippen LogP contribution in [0.4, 0.5) is 29.3 Å². The molecule has 3 N–H and O–H groups in total. The molecule has 0 saturated carbocycles. The number of nitrogens with one attached hydrogen (secondary N) is 2. The number of carbonyl (C=O) groups excluding carboxylic acids is 2. The van der Waals surface area contributed by atoms with Crippen LogP contribution in [0, 0.1) is 5.92 Å². The van der Waals surface area contributed by atoms with Crippen molar-refractivity contribution in [3.05, 3.63) is 82.9 Å². The molecule has 4 atom stereocenters. The van der Waals surface area contributed by atoms with Gasteiger partial charge in [-0.15, -0.1) is 0 Å². The highest BCUT2D eigenvalue weighted by atomic mass is 35.5. The third-order valence-electron chi connectivity index (χ3n) is 8.69. The second-order valence-corrected chi connectivity index (χ2v) is 15.1. The number of halogens is 4. The molecule has 3 aromatic carbocycles. The van der Waals surface area contributed by atoms with Crippen molar-refractivity contribution in [2.45, 2.75) is 69.4 Å². The van der Waals surface area contributed by atoms with E-state index in [1.165, 1.54) is 71.4 Å². The molecule has 3 amide bonds. The van der Waals surface area contributed by atoms with E-state index in [9.17, 15) is 36.3 Å². The van der Waals surface area contributed by atoms with Crippen molar-refractivity contribution in [2.75, 3.05) is 43.4 Å². The molecule has 0 aromatic heterocycles. The molecule has 1 heterocycles. The van der Waals surface area contributed by atoms with E-state index < -0.39 is 51.8 Å². The largest absolute Gasteiger partial charge is 0.490 e. The minimum absolute atomic E-state index is 0.0263. The Morgan fingerprint density at radius 2 is 1.71 bits per heavy atom. The van der Waals surface area contributed by atoms with Crippen LogP contribution in [0.3, 0.4) is 0 Å². The van der Waals surface area contributed by atoms with Gasteiger partial charge in [-0.05, 0) is 99.8 Å². The molecule has 3 aromatic rings. The van der Waals surface area contributed by atoms with Crippen molar-refractivity contribution in [3.8, 4) is 5.75 Å². The molecular weight excluding hydrogens is 725 g/mol. The highest BCUT2D eigenvalue weighted by Gasteiger charge is 2.32. The molecule has 0 radical (unpaired) electrons. The molecule has 0 unspecified atom stereocenters. The zero-order chi connectivity index (χ0) is 38.2. The summed E-state index contributed by atoms with van der Waals surface area (Å²) in [6, 6.07) is 12.9. The van der Waals surface area contributed by atoms with Crippen molar-refractivity contribution in [1.82, 2.24) is 9.80 Å². The van der Waals surface area contributed by atoms with Gasteiger partial charge in [0.15, 0.2) is 0 Å². The maximum atomic E-state index is 14.4. The molecule has 0 fully saturated rings. The summed E-state index contributed by atoms with van der Waals surface area (Å²) >= 11 is 5.93. The van der Waals surface area contributed by atoms with Crippen LogP contribution in [0.15, 0.2) is 71.6 Å². The van der Waals surface area contributed by atoms with E-state index in [-0.39, 0.29) is 53.4 Å². The Balaban J connectivity index is 1.59. The molecule has 0 saturated heterocycles. The standard InChI is InChI=1S/C36H44ClF3N4O7S/c1-23-20-44(24(2)22-45)34(46)31-19-29(42-52(48,49)30-15-10-27(37)11-16-30)14-17-32(31)51-25(3)7-5-6-18-50-33(23)21-43(4)35(47)41-28-12-8-26(9-13-28)36(38,39)40/h8-17,19,23-25,33,42,45H,5-7,18,20-22H2,1-4H3,(H,41,47)/t23-,24-,25-,33+/m0/s1. The van der Waals surface area contributed by atoms with Gasteiger partial charge in [0.25, 0.3) is 15.9 Å². The Morgan fingerprint density at radius 1 is 1.06 bits per heavy atom. The Labute approximate surface area is 307 Å². The summed E-state index contributed by atoms with van der Waals surface area (Å²) in [7, 11) is -2.51. The Bertz CT molecular complexity index is 1780. The number of sulfonamides is 1. The second-order valence-electron chi connectivity index (χ2n) is 13.0. The van der Waals surface area contributed by atoms with E-state index in [0.29, 0.717) is 24.5 Å². The summed E-state index contributed by atoms with van der Waals surface area (Å²) in [5, 5.41) is 13.2. The predicted octanol–water partition coefficient (Wildman–Crippen LogP) is 7.12. The number of likely N-dealkylation sites (N-methyl/N-ethyl adjacent to an activating group) is 1. The van der Waals surface area contributed by atoms with Crippen LogP contribution in [0.2, 0.25) is 5.02 Å². The van der Waals surface area contributed by atoms with Gasteiger partial charge in [-0.3, -0.25) is 9.52 Å². The number of rotatable bonds is 8. The number of nitrogens with zero attached hydrogens (tertiary/aromatic N) is 2. The Hall–Kier alpha value is -4.05. The van der Waals surface area contributed by atoms with Crippen LogP contribution in [-0.4, -0.2) is 86.9 Å². The molecule has 1 aliphatic rings. The molecule has 0 bridgehead atoms. The number of alkyl halides is 3. The maximum absolute atomic E-state index is 14.4. The number of urea groups is 1. The van der Waals surface area contributed by atoms with Gasteiger partial charge in [0.1, 0.15) is 5.75 Å². The number of benzene rings is 3. The van der Waals surface area contributed by atoms with Crippen molar-refractivity contribution in [2.24, 2.45) is 5.92 Å². The lowest BCUT2D eigenvalue weighted by molar-refractivity contribution is -0.137. The van der Waals surface area contributed by atoms with E-state index in [0.717, 1.165) is 18.6 Å². The number of ether oxygens (including phenoxy) is 2. The summed E-state index contributed by atoms with van der Waals surface area (Å²) < 4.78 is 80.3. The zero-order valence-electron chi connectivity index (χ0n) is 29.3. The number of aliphatic hydroxyl groups excluding tert-OH is 1. The van der Waals surface area contributed by atoms with Gasteiger partial charge in [0.2, 0.25) is 0 Å². The van der Waals surface area contributed by atoms with Gasteiger partial charge in [-0.1, -0.05) is 18.5 Å². The van der Waals surface area contributed by atoms with E-state index in [2.05, 4.69) is 10.0 Å². The maximum Gasteiger partial charge on any atom is 0.416 e. The van der Waals surface area contributed by atoms with Crippen molar-refractivity contribution in [1.29, 1.82) is 0 Å². The summed E-state index contributed by atoms with van der Waals surface area (Å²) in [4.78, 5) is 30.2. The minimum Gasteiger partial charge on any atom is -0.490 e. The molecule has 0 aliphatic carbocycles. The summed E-state index contributed by atoms with van der Waals surface area (Å²) in [6.45, 7) is 5.51. The van der Waals surface area contributed by atoms with Crippen LogP contribution < -0.4 is 14.8 Å². The van der Waals surface area contributed by atoms with Crippen molar-refractivity contribution in [3.63, 3.8) is 0 Å².